The van der Waals surface area contributed by atoms with Gasteiger partial charge in [0.1, 0.15) is 5.76 Å². The third-order valence-corrected chi connectivity index (χ3v) is 3.35. The van der Waals surface area contributed by atoms with E-state index in [1.807, 2.05) is 0 Å². The summed E-state index contributed by atoms with van der Waals surface area (Å²) in [4.78, 5) is 11.2. The molecule has 0 spiro atoms. The molecule has 2 rings (SSSR count). The maximum Gasteiger partial charge on any atom is 0.252 e. The van der Waals surface area contributed by atoms with E-state index in [1.54, 1.807) is 12.3 Å². The Bertz CT molecular complexity index is 348. The Balaban J connectivity index is 2.15. The Kier molecular flexibility index (Phi) is 2.80. The molecule has 1 fully saturated rings. The van der Waals surface area contributed by atoms with Gasteiger partial charge in [0.25, 0.3) is 5.91 Å². The highest BCUT2D eigenvalue weighted by molar-refractivity contribution is 5.93. The Morgan fingerprint density at radius 2 is 2.07 bits per heavy atom. The lowest BCUT2D eigenvalue weighted by molar-refractivity contribution is 0.0997. The molecule has 0 bridgehead atoms. The third-order valence-electron chi connectivity index (χ3n) is 3.35. The second-order valence-electron chi connectivity index (χ2n) is 4.52. The molecule has 0 atom stereocenters. The van der Waals surface area contributed by atoms with E-state index in [-0.39, 0.29) is 5.91 Å². The van der Waals surface area contributed by atoms with Gasteiger partial charge in [-0.1, -0.05) is 19.8 Å². The van der Waals surface area contributed by atoms with Gasteiger partial charge in [0.05, 0.1) is 11.8 Å². The molecule has 0 saturated heterocycles. The minimum Gasteiger partial charge on any atom is -0.468 e. The predicted octanol–water partition coefficient (Wildman–Crippen LogP) is 2.67. The highest BCUT2D eigenvalue weighted by atomic mass is 16.3. The maximum absolute atomic E-state index is 11.2. The molecule has 0 radical (unpaired) electrons. The van der Waals surface area contributed by atoms with Gasteiger partial charge in [-0.25, -0.2) is 0 Å². The summed E-state index contributed by atoms with van der Waals surface area (Å²) in [5.41, 5.74) is 5.86. The van der Waals surface area contributed by atoms with Crippen LogP contribution >= 0.6 is 0 Å². The van der Waals surface area contributed by atoms with Crippen molar-refractivity contribution in [3.8, 4) is 0 Å². The molecule has 1 aromatic rings. The molecule has 1 heterocycles. The van der Waals surface area contributed by atoms with Crippen LogP contribution in [0.3, 0.4) is 0 Å². The van der Waals surface area contributed by atoms with Crippen molar-refractivity contribution < 1.29 is 9.21 Å². The van der Waals surface area contributed by atoms with Crippen LogP contribution in [-0.4, -0.2) is 5.91 Å². The van der Waals surface area contributed by atoms with Crippen LogP contribution in [0.25, 0.3) is 0 Å². The van der Waals surface area contributed by atoms with Crippen LogP contribution in [0.1, 0.15) is 54.6 Å². The van der Waals surface area contributed by atoms with Crippen LogP contribution in [0, 0.1) is 5.92 Å². The van der Waals surface area contributed by atoms with E-state index in [0.717, 1.165) is 24.5 Å². The number of carbonyl (C=O) groups excluding carboxylic acids is 1. The summed E-state index contributed by atoms with van der Waals surface area (Å²) < 4.78 is 5.40. The van der Waals surface area contributed by atoms with E-state index in [0.29, 0.717) is 11.5 Å². The van der Waals surface area contributed by atoms with Crippen molar-refractivity contribution in [2.24, 2.45) is 11.7 Å². The van der Waals surface area contributed by atoms with Crippen molar-refractivity contribution in [3.05, 3.63) is 23.7 Å². The Labute approximate surface area is 89.6 Å². The number of hydrogen-bond acceptors (Lipinski definition) is 2. The topological polar surface area (TPSA) is 56.2 Å². The fourth-order valence-corrected chi connectivity index (χ4v) is 2.36. The quantitative estimate of drug-likeness (QED) is 0.810. The number of furan rings is 1. The molecule has 0 unspecified atom stereocenters. The Morgan fingerprint density at radius 1 is 1.40 bits per heavy atom. The fraction of sp³-hybridized carbons (Fsp3) is 0.583. The standard InChI is InChI=1S/C12H17NO2/c1-8-2-4-9(5-3-8)11-10(12(13)14)6-7-15-11/h6-9H,2-5H2,1H3,(H2,13,14). The molecule has 1 amide bonds. The lowest BCUT2D eigenvalue weighted by atomic mass is 9.81. The van der Waals surface area contributed by atoms with E-state index >= 15 is 0 Å². The number of amides is 1. The second-order valence-corrected chi connectivity index (χ2v) is 4.52. The zero-order chi connectivity index (χ0) is 10.8. The minimum atomic E-state index is -0.377. The molecule has 1 saturated carbocycles. The van der Waals surface area contributed by atoms with Crippen molar-refractivity contribution in [2.75, 3.05) is 0 Å². The maximum atomic E-state index is 11.2. The second kappa shape index (κ2) is 4.09. The number of rotatable bonds is 2. The van der Waals surface area contributed by atoms with Gasteiger partial charge in [-0.05, 0) is 24.8 Å². The fourth-order valence-electron chi connectivity index (χ4n) is 2.36. The molecular formula is C12H17NO2. The van der Waals surface area contributed by atoms with Crippen LogP contribution in [0.2, 0.25) is 0 Å². The predicted molar refractivity (Wildman–Crippen MR) is 57.6 cm³/mol. The summed E-state index contributed by atoms with van der Waals surface area (Å²) in [6.45, 7) is 2.27. The average Bonchev–Trinajstić information content (AvgIpc) is 2.67. The van der Waals surface area contributed by atoms with Crippen molar-refractivity contribution >= 4 is 5.91 Å². The molecule has 3 nitrogen and oxygen atoms in total. The first kappa shape index (κ1) is 10.3. The van der Waals surface area contributed by atoms with Gasteiger partial charge in [0, 0.05) is 5.92 Å². The molecule has 1 aromatic heterocycles. The summed E-state index contributed by atoms with van der Waals surface area (Å²) >= 11 is 0. The van der Waals surface area contributed by atoms with Gasteiger partial charge in [-0.2, -0.15) is 0 Å². The van der Waals surface area contributed by atoms with Crippen LogP contribution in [-0.2, 0) is 0 Å². The average molecular weight is 207 g/mol. The van der Waals surface area contributed by atoms with E-state index in [4.69, 9.17) is 10.2 Å². The van der Waals surface area contributed by atoms with E-state index < -0.39 is 0 Å². The van der Waals surface area contributed by atoms with Crippen molar-refractivity contribution in [2.45, 2.75) is 38.5 Å². The largest absolute Gasteiger partial charge is 0.468 e. The SMILES string of the molecule is CC1CCC(c2occc2C(N)=O)CC1. The molecule has 3 heteroatoms. The Hall–Kier alpha value is -1.25. The molecule has 0 aromatic carbocycles. The lowest BCUT2D eigenvalue weighted by Crippen LogP contribution is -2.16. The molecule has 82 valence electrons. The molecule has 1 aliphatic carbocycles. The first-order valence-corrected chi connectivity index (χ1v) is 5.55. The smallest absolute Gasteiger partial charge is 0.252 e. The summed E-state index contributed by atoms with van der Waals surface area (Å²) in [6, 6.07) is 1.68. The highest BCUT2D eigenvalue weighted by Crippen LogP contribution is 2.37. The molecule has 0 aliphatic heterocycles. The van der Waals surface area contributed by atoms with Crippen LogP contribution in [0.4, 0.5) is 0 Å². The number of hydrogen-bond donors (Lipinski definition) is 1. The zero-order valence-electron chi connectivity index (χ0n) is 9.03. The monoisotopic (exact) mass is 207 g/mol. The lowest BCUT2D eigenvalue weighted by Gasteiger charge is -2.25. The number of carbonyl (C=O) groups is 1. The molecule has 2 N–H and O–H groups in total. The van der Waals surface area contributed by atoms with Crippen molar-refractivity contribution in [3.63, 3.8) is 0 Å². The van der Waals surface area contributed by atoms with Crippen LogP contribution in [0.5, 0.6) is 0 Å². The highest BCUT2D eigenvalue weighted by Gasteiger charge is 2.25. The molecule has 15 heavy (non-hydrogen) atoms. The third kappa shape index (κ3) is 2.06. The van der Waals surface area contributed by atoms with E-state index in [2.05, 4.69) is 6.92 Å². The van der Waals surface area contributed by atoms with Crippen LogP contribution in [0.15, 0.2) is 16.7 Å². The van der Waals surface area contributed by atoms with E-state index in [1.165, 1.54) is 12.8 Å². The van der Waals surface area contributed by atoms with Gasteiger partial charge >= 0.3 is 0 Å². The van der Waals surface area contributed by atoms with Gasteiger partial charge < -0.3 is 10.2 Å². The normalized spacial score (nSPS) is 26.5. The van der Waals surface area contributed by atoms with E-state index in [9.17, 15) is 4.79 Å². The minimum absolute atomic E-state index is 0.377. The number of primary amides is 1. The van der Waals surface area contributed by atoms with Gasteiger partial charge in [0.15, 0.2) is 0 Å². The van der Waals surface area contributed by atoms with Crippen LogP contribution < -0.4 is 5.73 Å². The van der Waals surface area contributed by atoms with Gasteiger partial charge in [-0.3, -0.25) is 4.79 Å². The first-order chi connectivity index (χ1) is 7.18. The number of nitrogens with two attached hydrogens (primary N) is 1. The van der Waals surface area contributed by atoms with Crippen molar-refractivity contribution in [1.82, 2.24) is 0 Å². The van der Waals surface area contributed by atoms with Crippen molar-refractivity contribution in [1.29, 1.82) is 0 Å². The summed E-state index contributed by atoms with van der Waals surface area (Å²) in [7, 11) is 0. The van der Waals surface area contributed by atoms with Gasteiger partial charge in [0.2, 0.25) is 0 Å². The molecule has 1 aliphatic rings. The summed E-state index contributed by atoms with van der Waals surface area (Å²) in [5.74, 6) is 1.61. The summed E-state index contributed by atoms with van der Waals surface area (Å²) in [5, 5.41) is 0. The first-order valence-electron chi connectivity index (χ1n) is 5.55. The summed E-state index contributed by atoms with van der Waals surface area (Å²) in [6.07, 6.45) is 6.20. The van der Waals surface area contributed by atoms with Gasteiger partial charge in [-0.15, -0.1) is 0 Å². The Morgan fingerprint density at radius 3 is 2.67 bits per heavy atom. The molecular weight excluding hydrogens is 190 g/mol. The zero-order valence-corrected chi connectivity index (χ0v) is 9.03.